The molecule has 1 aliphatic heterocycles. The van der Waals surface area contributed by atoms with Gasteiger partial charge in [0.15, 0.2) is 0 Å². The molecule has 0 atom stereocenters. The van der Waals surface area contributed by atoms with E-state index < -0.39 is 0 Å². The van der Waals surface area contributed by atoms with Crippen molar-refractivity contribution in [1.29, 1.82) is 0 Å². The number of pyridine rings is 1. The van der Waals surface area contributed by atoms with Gasteiger partial charge in [0, 0.05) is 57.2 Å². The van der Waals surface area contributed by atoms with Gasteiger partial charge in [-0.3, -0.25) is 9.78 Å². The normalized spacial score (nSPS) is 14.9. The second-order valence-electron chi connectivity index (χ2n) is 6.25. The number of hydrogen-bond acceptors (Lipinski definition) is 4. The Labute approximate surface area is 146 Å². The number of imidazole rings is 1. The molecule has 0 N–H and O–H groups in total. The second-order valence-corrected chi connectivity index (χ2v) is 6.25. The number of fused-ring (bicyclic) bond motifs is 1. The Bertz CT molecular complexity index is 852. The average molecular weight is 335 g/mol. The van der Waals surface area contributed by atoms with Crippen LogP contribution in [0.15, 0.2) is 55.1 Å². The third kappa shape index (κ3) is 3.33. The van der Waals surface area contributed by atoms with Crippen LogP contribution < -0.4 is 4.90 Å². The van der Waals surface area contributed by atoms with Gasteiger partial charge < -0.3 is 14.4 Å². The molecule has 0 saturated carbocycles. The Kier molecular flexibility index (Phi) is 4.33. The fourth-order valence-electron chi connectivity index (χ4n) is 3.33. The van der Waals surface area contributed by atoms with Crippen LogP contribution in [0.1, 0.15) is 6.42 Å². The van der Waals surface area contributed by atoms with Crippen LogP contribution in [0.2, 0.25) is 0 Å². The number of anilines is 1. The van der Waals surface area contributed by atoms with Crippen molar-refractivity contribution in [1.82, 2.24) is 19.4 Å². The van der Waals surface area contributed by atoms with Crippen molar-refractivity contribution in [2.75, 3.05) is 31.1 Å². The van der Waals surface area contributed by atoms with Gasteiger partial charge in [0.25, 0.3) is 0 Å². The van der Waals surface area contributed by atoms with Crippen LogP contribution >= 0.6 is 0 Å². The number of piperazine rings is 1. The van der Waals surface area contributed by atoms with Gasteiger partial charge in [0.2, 0.25) is 5.91 Å². The Hall–Kier alpha value is -2.89. The molecule has 6 heteroatoms. The first-order chi connectivity index (χ1) is 12.3. The van der Waals surface area contributed by atoms with Gasteiger partial charge >= 0.3 is 0 Å². The number of aromatic nitrogens is 3. The molecule has 0 unspecified atom stereocenters. The molecule has 6 nitrogen and oxygen atoms in total. The van der Waals surface area contributed by atoms with E-state index >= 15 is 0 Å². The number of nitrogens with zero attached hydrogens (tertiary/aromatic N) is 5. The highest BCUT2D eigenvalue weighted by atomic mass is 16.2. The number of benzene rings is 1. The second kappa shape index (κ2) is 6.93. The van der Waals surface area contributed by atoms with Crippen LogP contribution in [0.25, 0.3) is 11.0 Å². The third-order valence-electron chi connectivity index (χ3n) is 4.75. The maximum atomic E-state index is 12.5. The molecular weight excluding hydrogens is 314 g/mol. The molecule has 0 aliphatic carbocycles. The van der Waals surface area contributed by atoms with Gasteiger partial charge in [0.05, 0.1) is 17.4 Å². The Morgan fingerprint density at radius 2 is 1.76 bits per heavy atom. The zero-order chi connectivity index (χ0) is 17.1. The highest BCUT2D eigenvalue weighted by molar-refractivity contribution is 5.78. The largest absolute Gasteiger partial charge is 0.368 e. The van der Waals surface area contributed by atoms with Gasteiger partial charge in [-0.1, -0.05) is 12.1 Å². The minimum Gasteiger partial charge on any atom is -0.368 e. The summed E-state index contributed by atoms with van der Waals surface area (Å²) in [6.07, 6.45) is 5.94. The molecule has 0 spiro atoms. The minimum atomic E-state index is 0.215. The van der Waals surface area contributed by atoms with Crippen molar-refractivity contribution in [2.24, 2.45) is 0 Å². The van der Waals surface area contributed by atoms with Crippen molar-refractivity contribution >= 4 is 22.6 Å². The summed E-state index contributed by atoms with van der Waals surface area (Å²) < 4.78 is 2.06. The number of amides is 1. The molecular formula is C19H21N5O. The van der Waals surface area contributed by atoms with Crippen LogP contribution in [-0.4, -0.2) is 51.5 Å². The molecule has 1 aromatic carbocycles. The van der Waals surface area contributed by atoms with Crippen LogP contribution in [0, 0.1) is 0 Å². The summed E-state index contributed by atoms with van der Waals surface area (Å²) >= 11 is 0. The molecule has 25 heavy (non-hydrogen) atoms. The molecule has 0 radical (unpaired) electrons. The monoisotopic (exact) mass is 335 g/mol. The number of carbonyl (C=O) groups excluding carboxylic acids is 1. The lowest BCUT2D eigenvalue weighted by atomic mass is 10.2. The average Bonchev–Trinajstić information content (AvgIpc) is 3.10. The van der Waals surface area contributed by atoms with E-state index in [2.05, 4.69) is 19.4 Å². The first kappa shape index (κ1) is 15.6. The van der Waals surface area contributed by atoms with Crippen LogP contribution in [0.5, 0.6) is 0 Å². The van der Waals surface area contributed by atoms with Crippen molar-refractivity contribution < 1.29 is 4.79 Å². The number of rotatable bonds is 4. The van der Waals surface area contributed by atoms with E-state index in [-0.39, 0.29) is 5.91 Å². The number of carbonyl (C=O) groups is 1. The topological polar surface area (TPSA) is 54.3 Å². The molecule has 1 amide bonds. The van der Waals surface area contributed by atoms with E-state index in [4.69, 9.17) is 0 Å². The van der Waals surface area contributed by atoms with E-state index in [0.29, 0.717) is 13.0 Å². The van der Waals surface area contributed by atoms with Crippen LogP contribution in [0.3, 0.4) is 0 Å². The van der Waals surface area contributed by atoms with E-state index in [0.717, 1.165) is 37.2 Å². The predicted octanol–water partition coefficient (Wildman–Crippen LogP) is 2.17. The molecule has 1 aliphatic rings. The molecule has 4 rings (SSSR count). The summed E-state index contributed by atoms with van der Waals surface area (Å²) in [4.78, 5) is 25.2. The summed E-state index contributed by atoms with van der Waals surface area (Å²) in [5.41, 5.74) is 3.23. The molecule has 1 fully saturated rings. The quantitative estimate of drug-likeness (QED) is 0.733. The van der Waals surface area contributed by atoms with E-state index in [1.54, 1.807) is 0 Å². The third-order valence-corrected chi connectivity index (χ3v) is 4.75. The SMILES string of the molecule is O=C(CCn1cnc2ccccc21)N1CCN(c2ccncc2)CC1. The van der Waals surface area contributed by atoms with E-state index in [1.807, 2.05) is 60.0 Å². The van der Waals surface area contributed by atoms with Crippen molar-refractivity contribution in [3.05, 3.63) is 55.1 Å². The molecule has 1 saturated heterocycles. The summed E-state index contributed by atoms with van der Waals surface area (Å²) in [5.74, 6) is 0.215. The van der Waals surface area contributed by atoms with Gasteiger partial charge in [-0.05, 0) is 24.3 Å². The lowest BCUT2D eigenvalue weighted by Crippen LogP contribution is -2.48. The zero-order valence-corrected chi connectivity index (χ0v) is 14.1. The Balaban J connectivity index is 1.32. The van der Waals surface area contributed by atoms with Crippen LogP contribution in [-0.2, 0) is 11.3 Å². The van der Waals surface area contributed by atoms with Gasteiger partial charge in [-0.25, -0.2) is 4.98 Å². The highest BCUT2D eigenvalue weighted by Gasteiger charge is 2.21. The summed E-state index contributed by atoms with van der Waals surface area (Å²) in [7, 11) is 0. The molecule has 3 aromatic rings. The fraction of sp³-hybridized carbons (Fsp3) is 0.316. The van der Waals surface area contributed by atoms with Gasteiger partial charge in [-0.15, -0.1) is 0 Å². The number of hydrogen-bond donors (Lipinski definition) is 0. The molecule has 3 heterocycles. The van der Waals surface area contributed by atoms with E-state index in [9.17, 15) is 4.79 Å². The van der Waals surface area contributed by atoms with Gasteiger partial charge in [0.1, 0.15) is 0 Å². The lowest BCUT2D eigenvalue weighted by Gasteiger charge is -2.36. The van der Waals surface area contributed by atoms with Crippen molar-refractivity contribution in [3.63, 3.8) is 0 Å². The minimum absolute atomic E-state index is 0.215. The van der Waals surface area contributed by atoms with Crippen molar-refractivity contribution in [2.45, 2.75) is 13.0 Å². The van der Waals surface area contributed by atoms with Gasteiger partial charge in [-0.2, -0.15) is 0 Å². The zero-order valence-electron chi connectivity index (χ0n) is 14.1. The highest BCUT2D eigenvalue weighted by Crippen LogP contribution is 2.16. The van der Waals surface area contributed by atoms with E-state index in [1.165, 1.54) is 5.69 Å². The number of aryl methyl sites for hydroxylation is 1. The van der Waals surface area contributed by atoms with Crippen LogP contribution in [0.4, 0.5) is 5.69 Å². The molecule has 128 valence electrons. The van der Waals surface area contributed by atoms with Crippen molar-refractivity contribution in [3.8, 4) is 0 Å². The lowest BCUT2D eigenvalue weighted by molar-refractivity contribution is -0.131. The number of para-hydroxylation sites is 2. The predicted molar refractivity (Wildman–Crippen MR) is 97.4 cm³/mol. The summed E-state index contributed by atoms with van der Waals surface area (Å²) in [6, 6.07) is 12.0. The Morgan fingerprint density at radius 1 is 1.00 bits per heavy atom. The Morgan fingerprint density at radius 3 is 2.56 bits per heavy atom. The standard InChI is InChI=1S/C19H21N5O/c25-19(7-10-24-15-21-17-3-1-2-4-18(17)24)23-13-11-22(12-14-23)16-5-8-20-9-6-16/h1-6,8-9,15H,7,10-14H2. The first-order valence-corrected chi connectivity index (χ1v) is 8.64. The maximum Gasteiger partial charge on any atom is 0.224 e. The summed E-state index contributed by atoms with van der Waals surface area (Å²) in [6.45, 7) is 3.94. The maximum absolute atomic E-state index is 12.5. The fourth-order valence-corrected chi connectivity index (χ4v) is 3.33. The molecule has 0 bridgehead atoms. The summed E-state index contributed by atoms with van der Waals surface area (Å²) in [5, 5.41) is 0. The molecule has 2 aromatic heterocycles. The smallest absolute Gasteiger partial charge is 0.224 e. The first-order valence-electron chi connectivity index (χ1n) is 8.64.